The lowest BCUT2D eigenvalue weighted by atomic mass is 10.1. The van der Waals surface area contributed by atoms with Crippen LogP contribution in [0.1, 0.15) is 72.8 Å². The SMILES string of the molecule is CCCC(C)OC(=O)OCCN[C@@H](Cc1ccc(OC(=O)OCCC(C)C)c(OC(=O)OCCC(C)C)c1)C(=O)OC. The van der Waals surface area contributed by atoms with Gasteiger partial charge in [-0.05, 0) is 62.1 Å². The van der Waals surface area contributed by atoms with Crippen molar-refractivity contribution < 1.29 is 52.3 Å². The van der Waals surface area contributed by atoms with Gasteiger partial charge < -0.3 is 38.5 Å². The zero-order chi connectivity index (χ0) is 31.5. The molecule has 0 aliphatic rings. The van der Waals surface area contributed by atoms with Gasteiger partial charge in [-0.3, -0.25) is 4.79 Å². The van der Waals surface area contributed by atoms with Crippen molar-refractivity contribution in [2.24, 2.45) is 11.8 Å². The van der Waals surface area contributed by atoms with Gasteiger partial charge in [-0.25, -0.2) is 14.4 Å². The molecule has 12 nitrogen and oxygen atoms in total. The highest BCUT2D eigenvalue weighted by molar-refractivity contribution is 5.76. The third kappa shape index (κ3) is 16.0. The topological polar surface area (TPSA) is 145 Å². The van der Waals surface area contributed by atoms with E-state index in [9.17, 15) is 19.2 Å². The largest absolute Gasteiger partial charge is 0.513 e. The second-order valence-corrected chi connectivity index (χ2v) is 10.6. The Kier molecular flexibility index (Phi) is 17.7. The molecule has 0 radical (unpaired) electrons. The van der Waals surface area contributed by atoms with Crippen LogP contribution in [0.5, 0.6) is 11.5 Å². The number of hydrogen-bond donors (Lipinski definition) is 1. The number of methoxy groups -OCH3 is 1. The summed E-state index contributed by atoms with van der Waals surface area (Å²) in [6.45, 7) is 12.2. The third-order valence-corrected chi connectivity index (χ3v) is 5.86. The number of benzene rings is 1. The molecule has 2 atom stereocenters. The summed E-state index contributed by atoms with van der Waals surface area (Å²) in [5, 5.41) is 2.99. The molecular formula is C30H47NO11. The lowest BCUT2D eigenvalue weighted by molar-refractivity contribution is -0.143. The monoisotopic (exact) mass is 597 g/mol. The van der Waals surface area contributed by atoms with Crippen LogP contribution in [0.15, 0.2) is 18.2 Å². The third-order valence-electron chi connectivity index (χ3n) is 5.86. The van der Waals surface area contributed by atoms with Crippen molar-refractivity contribution in [2.45, 2.75) is 85.8 Å². The van der Waals surface area contributed by atoms with Crippen molar-refractivity contribution in [1.29, 1.82) is 0 Å². The Morgan fingerprint density at radius 3 is 1.88 bits per heavy atom. The van der Waals surface area contributed by atoms with E-state index in [0.717, 1.165) is 12.8 Å². The first-order valence-corrected chi connectivity index (χ1v) is 14.4. The van der Waals surface area contributed by atoms with Gasteiger partial charge in [0.1, 0.15) is 18.8 Å². The summed E-state index contributed by atoms with van der Waals surface area (Å²) in [7, 11) is 1.25. The Hall–Kier alpha value is -3.54. The van der Waals surface area contributed by atoms with Crippen LogP contribution in [0, 0.1) is 11.8 Å². The van der Waals surface area contributed by atoms with Crippen LogP contribution in [-0.2, 0) is 34.9 Å². The van der Waals surface area contributed by atoms with E-state index < -0.39 is 30.5 Å². The lowest BCUT2D eigenvalue weighted by Crippen LogP contribution is -2.41. The quantitative estimate of drug-likeness (QED) is 0.0941. The lowest BCUT2D eigenvalue weighted by Gasteiger charge is -2.18. The Balaban J connectivity index is 2.93. The predicted octanol–water partition coefficient (Wildman–Crippen LogP) is 5.83. The summed E-state index contributed by atoms with van der Waals surface area (Å²) < 4.78 is 36.0. The van der Waals surface area contributed by atoms with Crippen LogP contribution < -0.4 is 14.8 Å². The molecule has 0 heterocycles. The Labute approximate surface area is 248 Å². The van der Waals surface area contributed by atoms with E-state index in [1.165, 1.54) is 19.2 Å². The average Bonchev–Trinajstić information content (AvgIpc) is 2.90. The van der Waals surface area contributed by atoms with E-state index >= 15 is 0 Å². The first-order valence-electron chi connectivity index (χ1n) is 14.4. The second-order valence-electron chi connectivity index (χ2n) is 10.6. The highest BCUT2D eigenvalue weighted by Gasteiger charge is 2.22. The molecule has 0 spiro atoms. The maximum absolute atomic E-state index is 12.4. The van der Waals surface area contributed by atoms with E-state index in [1.807, 2.05) is 34.6 Å². The molecule has 1 unspecified atom stereocenters. The normalized spacial score (nSPS) is 12.3. The summed E-state index contributed by atoms with van der Waals surface area (Å²) in [5.41, 5.74) is 0.553. The predicted molar refractivity (Wildman–Crippen MR) is 154 cm³/mol. The minimum atomic E-state index is -0.967. The molecule has 0 aliphatic carbocycles. The van der Waals surface area contributed by atoms with Crippen LogP contribution in [0.2, 0.25) is 0 Å². The maximum Gasteiger partial charge on any atom is 0.513 e. The van der Waals surface area contributed by atoms with Gasteiger partial charge in [-0.15, -0.1) is 0 Å². The molecule has 0 aliphatic heterocycles. The number of carbonyl (C=O) groups excluding carboxylic acids is 4. The van der Waals surface area contributed by atoms with Crippen molar-refractivity contribution >= 4 is 24.4 Å². The summed E-state index contributed by atoms with van der Waals surface area (Å²) in [4.78, 5) is 48.8. The van der Waals surface area contributed by atoms with Crippen LogP contribution in [0.3, 0.4) is 0 Å². The standard InChI is InChI=1S/C30H47NO11/c1-8-9-22(6)40-28(33)39-17-14-31-24(27(32)36-7)18-23-10-11-25(41-29(34)37-15-12-20(2)3)26(19-23)42-30(35)38-16-13-21(4)5/h10-11,19-22,24,31H,8-9,12-18H2,1-7H3/t22?,24-/m0/s1. The molecule has 1 aromatic rings. The van der Waals surface area contributed by atoms with Gasteiger partial charge >= 0.3 is 24.4 Å². The smallest absolute Gasteiger partial charge is 0.468 e. The number of carbonyl (C=O) groups is 4. The van der Waals surface area contributed by atoms with Crippen LogP contribution in [0.25, 0.3) is 0 Å². The molecule has 0 aromatic heterocycles. The molecule has 0 saturated carbocycles. The van der Waals surface area contributed by atoms with E-state index in [1.54, 1.807) is 13.0 Å². The van der Waals surface area contributed by atoms with Crippen molar-refractivity contribution in [2.75, 3.05) is 33.5 Å². The van der Waals surface area contributed by atoms with Crippen molar-refractivity contribution in [1.82, 2.24) is 5.32 Å². The molecular weight excluding hydrogens is 550 g/mol. The van der Waals surface area contributed by atoms with Crippen molar-refractivity contribution in [3.8, 4) is 11.5 Å². The van der Waals surface area contributed by atoms with Crippen LogP contribution in [0.4, 0.5) is 14.4 Å². The van der Waals surface area contributed by atoms with Gasteiger partial charge in [0.25, 0.3) is 0 Å². The molecule has 1 rings (SSSR count). The first-order chi connectivity index (χ1) is 19.9. The highest BCUT2D eigenvalue weighted by atomic mass is 16.7. The van der Waals surface area contributed by atoms with E-state index in [0.29, 0.717) is 30.2 Å². The van der Waals surface area contributed by atoms with E-state index in [-0.39, 0.29) is 50.4 Å². The fraction of sp³-hybridized carbons (Fsp3) is 0.667. The number of esters is 1. The van der Waals surface area contributed by atoms with Crippen molar-refractivity contribution in [3.05, 3.63) is 23.8 Å². The number of ether oxygens (including phenoxy) is 7. The zero-order valence-electron chi connectivity index (χ0n) is 25.9. The molecule has 0 bridgehead atoms. The van der Waals surface area contributed by atoms with Gasteiger partial charge in [0, 0.05) is 6.54 Å². The summed E-state index contributed by atoms with van der Waals surface area (Å²) in [6, 6.07) is 3.67. The minimum absolute atomic E-state index is 0.0343. The molecule has 1 aromatic carbocycles. The zero-order valence-corrected chi connectivity index (χ0v) is 25.9. The van der Waals surface area contributed by atoms with E-state index in [2.05, 4.69) is 5.32 Å². The Morgan fingerprint density at radius 1 is 0.762 bits per heavy atom. The molecule has 238 valence electrons. The van der Waals surface area contributed by atoms with Crippen LogP contribution in [-0.4, -0.2) is 70.1 Å². The molecule has 1 N–H and O–H groups in total. The second kappa shape index (κ2) is 20.4. The molecule has 42 heavy (non-hydrogen) atoms. The molecule has 0 saturated heterocycles. The Bertz CT molecular complexity index is 980. The fourth-order valence-electron chi connectivity index (χ4n) is 3.49. The minimum Gasteiger partial charge on any atom is -0.468 e. The summed E-state index contributed by atoms with van der Waals surface area (Å²) >= 11 is 0. The number of hydrogen-bond acceptors (Lipinski definition) is 12. The van der Waals surface area contributed by atoms with Crippen LogP contribution >= 0.6 is 0 Å². The number of nitrogens with one attached hydrogen (secondary N) is 1. The Morgan fingerprint density at radius 2 is 1.33 bits per heavy atom. The van der Waals surface area contributed by atoms with Gasteiger partial charge in [-0.2, -0.15) is 0 Å². The van der Waals surface area contributed by atoms with Gasteiger partial charge in [0.15, 0.2) is 11.5 Å². The first kappa shape index (κ1) is 36.5. The molecule has 0 amide bonds. The highest BCUT2D eigenvalue weighted by Crippen LogP contribution is 2.30. The van der Waals surface area contributed by atoms with Gasteiger partial charge in [0.2, 0.25) is 0 Å². The molecule has 12 heteroatoms. The summed E-state index contributed by atoms with van der Waals surface area (Å²) in [5.74, 6) is -0.0368. The average molecular weight is 598 g/mol. The van der Waals surface area contributed by atoms with E-state index in [4.69, 9.17) is 33.2 Å². The maximum atomic E-state index is 12.4. The fourth-order valence-corrected chi connectivity index (χ4v) is 3.49. The number of rotatable bonds is 18. The van der Waals surface area contributed by atoms with Gasteiger partial charge in [-0.1, -0.05) is 47.1 Å². The summed E-state index contributed by atoms with van der Waals surface area (Å²) in [6.07, 6.45) is 0.0639. The molecule has 0 fully saturated rings. The van der Waals surface area contributed by atoms with Gasteiger partial charge in [0.05, 0.1) is 20.3 Å². The van der Waals surface area contributed by atoms with Crippen molar-refractivity contribution in [3.63, 3.8) is 0 Å².